The van der Waals surface area contributed by atoms with Gasteiger partial charge in [0, 0.05) is 5.56 Å². The van der Waals surface area contributed by atoms with Crippen LogP contribution in [0.5, 0.6) is 23.0 Å². The van der Waals surface area contributed by atoms with Crippen molar-refractivity contribution in [2.45, 2.75) is 20.8 Å². The molecule has 5 aromatic carbocycles. The monoisotopic (exact) mass is 634 g/mol. The van der Waals surface area contributed by atoms with Gasteiger partial charge in [0.05, 0.1) is 5.56 Å². The second-order valence-corrected chi connectivity index (χ2v) is 12.6. The minimum absolute atomic E-state index is 0.750. The van der Waals surface area contributed by atoms with Gasteiger partial charge in [-0.25, -0.2) is 9.13 Å². The van der Waals surface area contributed by atoms with E-state index in [2.05, 4.69) is 91.8 Å². The topological polar surface area (TPSA) is 143 Å². The first kappa shape index (κ1) is 32.9. The maximum absolute atomic E-state index is 9.63. The average Bonchev–Trinajstić information content (AvgIpc) is 2.95. The van der Waals surface area contributed by atoms with Crippen LogP contribution in [0.4, 0.5) is 0 Å². The molecular weight excluding hydrogens is 602 g/mol. The lowest BCUT2D eigenvalue weighted by molar-refractivity contribution is 0.225. The number of phosphoric acid groups is 2. The van der Waals surface area contributed by atoms with Crippen LogP contribution in [0.2, 0.25) is 0 Å². The van der Waals surface area contributed by atoms with Gasteiger partial charge in [0.15, 0.2) is 0 Å². The molecule has 0 amide bonds. The Kier molecular flexibility index (Phi) is 10.6. The summed E-state index contributed by atoms with van der Waals surface area (Å²) < 4.78 is 35.3. The molecule has 0 radical (unpaired) electrons. The number of aryl methyl sites for hydroxylation is 3. The van der Waals surface area contributed by atoms with Gasteiger partial charge in [-0.2, -0.15) is 4.31 Å². The second-order valence-electron chi connectivity index (χ2n) is 9.94. The van der Waals surface area contributed by atoms with E-state index >= 15 is 0 Å². The maximum atomic E-state index is 9.63. The molecule has 228 valence electrons. The largest absolute Gasteiger partial charge is 0.478 e. The van der Waals surface area contributed by atoms with Crippen molar-refractivity contribution in [1.82, 2.24) is 0 Å². The highest BCUT2D eigenvalue weighted by Gasteiger charge is 2.28. The molecule has 5 rings (SSSR count). The molecule has 0 heterocycles. The highest BCUT2D eigenvalue weighted by molar-refractivity contribution is 7.60. The number of hydrogen-bond donors (Lipinski definition) is 4. The Morgan fingerprint density at radius 1 is 0.500 bits per heavy atom. The molecule has 0 aromatic heterocycles. The van der Waals surface area contributed by atoms with Crippen molar-refractivity contribution in [3.05, 3.63) is 132 Å². The highest BCUT2D eigenvalue weighted by atomic mass is 31.3. The average molecular weight is 635 g/mol. The minimum atomic E-state index is -5.05. The summed E-state index contributed by atoms with van der Waals surface area (Å²) >= 11 is 0. The zero-order valence-electron chi connectivity index (χ0n) is 24.2. The summed E-state index contributed by atoms with van der Waals surface area (Å²) in [7, 11) is -10.1. The fraction of sp³-hybridized carbons (Fsp3) is 0.0909. The van der Waals surface area contributed by atoms with Crippen molar-refractivity contribution in [3.63, 3.8) is 0 Å². The first-order valence-electron chi connectivity index (χ1n) is 13.4. The predicted octanol–water partition coefficient (Wildman–Crippen LogP) is 8.72. The van der Waals surface area contributed by atoms with Crippen LogP contribution in [0.1, 0.15) is 16.7 Å². The Morgan fingerprint density at radius 2 is 0.955 bits per heavy atom. The van der Waals surface area contributed by atoms with E-state index in [1.165, 1.54) is 16.7 Å². The van der Waals surface area contributed by atoms with Crippen LogP contribution in [-0.4, -0.2) is 19.6 Å². The Morgan fingerprint density at radius 3 is 1.41 bits per heavy atom. The predicted molar refractivity (Wildman–Crippen MR) is 170 cm³/mol. The fourth-order valence-corrected chi connectivity index (χ4v) is 5.30. The van der Waals surface area contributed by atoms with Gasteiger partial charge in [-0.1, -0.05) is 95.6 Å². The van der Waals surface area contributed by atoms with Gasteiger partial charge in [0.25, 0.3) is 0 Å². The van der Waals surface area contributed by atoms with Crippen LogP contribution in [0.15, 0.2) is 115 Å². The zero-order chi connectivity index (χ0) is 31.9. The molecule has 5 aromatic rings. The quantitative estimate of drug-likeness (QED) is 0.123. The second kappa shape index (κ2) is 14.2. The SMILES string of the molecule is Cc1ccc(Oc2ccc(-c3ccccc3)c(Oc3ccc(C)cc3)c2-c2ccc(C)cc2)cc1.O=P(O)(O)OP(=O)(O)O. The van der Waals surface area contributed by atoms with Gasteiger partial charge >= 0.3 is 15.6 Å². The van der Waals surface area contributed by atoms with Gasteiger partial charge in [0.2, 0.25) is 0 Å². The number of ether oxygens (including phenoxy) is 2. The molecule has 0 spiro atoms. The number of hydrogen-bond acceptors (Lipinski definition) is 5. The van der Waals surface area contributed by atoms with E-state index in [0.29, 0.717) is 0 Å². The van der Waals surface area contributed by atoms with Crippen molar-refractivity contribution in [1.29, 1.82) is 0 Å². The molecule has 9 nitrogen and oxygen atoms in total. The van der Waals surface area contributed by atoms with Crippen molar-refractivity contribution in [2.75, 3.05) is 0 Å². The molecule has 0 fully saturated rings. The Balaban J connectivity index is 0.000000429. The summed E-state index contributed by atoms with van der Waals surface area (Å²) in [4.78, 5) is 31.0. The molecule has 0 saturated carbocycles. The molecule has 0 bridgehead atoms. The lowest BCUT2D eigenvalue weighted by Gasteiger charge is -2.20. The Bertz CT molecular complexity index is 1760. The van der Waals surface area contributed by atoms with E-state index < -0.39 is 15.6 Å². The third-order valence-electron chi connectivity index (χ3n) is 6.25. The molecule has 11 heteroatoms. The minimum Gasteiger partial charge on any atom is -0.457 e. The first-order chi connectivity index (χ1) is 20.8. The Labute approximate surface area is 255 Å². The molecular formula is C33H32O9P2. The summed E-state index contributed by atoms with van der Waals surface area (Å²) in [5.74, 6) is 3.10. The van der Waals surface area contributed by atoms with E-state index in [4.69, 9.17) is 29.0 Å². The normalized spacial score (nSPS) is 11.3. The van der Waals surface area contributed by atoms with Crippen LogP contribution in [0.3, 0.4) is 0 Å². The van der Waals surface area contributed by atoms with Crippen molar-refractivity contribution in [2.24, 2.45) is 0 Å². The van der Waals surface area contributed by atoms with E-state index in [1.807, 2.05) is 48.5 Å². The molecule has 0 saturated heterocycles. The van der Waals surface area contributed by atoms with E-state index in [1.54, 1.807) is 0 Å². The van der Waals surface area contributed by atoms with Gasteiger partial charge in [-0.05, 0) is 68.3 Å². The van der Waals surface area contributed by atoms with Crippen LogP contribution < -0.4 is 9.47 Å². The van der Waals surface area contributed by atoms with Gasteiger partial charge < -0.3 is 29.0 Å². The smallest absolute Gasteiger partial charge is 0.457 e. The van der Waals surface area contributed by atoms with Crippen LogP contribution in [0.25, 0.3) is 22.3 Å². The standard InChI is InChI=1S/C33H28O2.H4O7P2/c1-23-9-15-27(16-10-23)32-31(34-28-17-11-24(2)12-18-28)22-21-30(26-7-5-4-6-8-26)33(32)35-29-19-13-25(3)14-20-29;1-8(2,3)7-9(4,5)6/h4-22H,1-3H3;(H2,1,2,3)(H2,4,5,6). The van der Waals surface area contributed by atoms with Gasteiger partial charge in [-0.3, -0.25) is 0 Å². The molecule has 0 aliphatic rings. The van der Waals surface area contributed by atoms with E-state index in [-0.39, 0.29) is 0 Å². The van der Waals surface area contributed by atoms with Crippen molar-refractivity contribution >= 4 is 15.6 Å². The van der Waals surface area contributed by atoms with Crippen molar-refractivity contribution < 1.29 is 42.5 Å². The van der Waals surface area contributed by atoms with Gasteiger partial charge in [0.1, 0.15) is 23.0 Å². The molecule has 0 atom stereocenters. The van der Waals surface area contributed by atoms with Gasteiger partial charge in [-0.15, -0.1) is 0 Å². The summed E-state index contributed by atoms with van der Waals surface area (Å²) in [6.45, 7) is 6.24. The first-order valence-corrected chi connectivity index (χ1v) is 16.4. The molecule has 0 aliphatic heterocycles. The maximum Gasteiger partial charge on any atom is 0.478 e. The summed E-state index contributed by atoms with van der Waals surface area (Å²) in [5.41, 5.74) is 7.65. The number of benzene rings is 5. The Hall–Kier alpha value is -4.04. The molecule has 44 heavy (non-hydrogen) atoms. The molecule has 4 N–H and O–H groups in total. The van der Waals surface area contributed by atoms with E-state index in [9.17, 15) is 9.13 Å². The third-order valence-corrected chi connectivity index (χ3v) is 7.95. The lowest BCUT2D eigenvalue weighted by Crippen LogP contribution is -1.96. The lowest BCUT2D eigenvalue weighted by atomic mass is 9.95. The van der Waals surface area contributed by atoms with Crippen LogP contribution in [-0.2, 0) is 13.4 Å². The zero-order valence-corrected chi connectivity index (χ0v) is 26.0. The van der Waals surface area contributed by atoms with Crippen LogP contribution in [0, 0.1) is 20.8 Å². The van der Waals surface area contributed by atoms with Crippen molar-refractivity contribution in [3.8, 4) is 45.3 Å². The summed E-state index contributed by atoms with van der Waals surface area (Å²) in [6.07, 6.45) is 0. The molecule has 0 aliphatic carbocycles. The summed E-state index contributed by atoms with van der Waals surface area (Å²) in [6, 6.07) is 39.2. The van der Waals surface area contributed by atoms with Crippen LogP contribution >= 0.6 is 15.6 Å². The van der Waals surface area contributed by atoms with E-state index in [0.717, 1.165) is 45.3 Å². The highest BCUT2D eigenvalue weighted by Crippen LogP contribution is 2.54. The molecule has 0 unspecified atom stereocenters. The number of rotatable bonds is 8. The third kappa shape index (κ3) is 9.74. The fourth-order valence-electron chi connectivity index (χ4n) is 4.19. The summed E-state index contributed by atoms with van der Waals surface area (Å²) in [5, 5.41) is 0.